The summed E-state index contributed by atoms with van der Waals surface area (Å²) in [7, 11) is 0. The Hall–Kier alpha value is -1.09. The largest absolute Gasteiger partial charge is 0.315 e. The Morgan fingerprint density at radius 3 is 3.00 bits per heavy atom. The lowest BCUT2D eigenvalue weighted by molar-refractivity contribution is 0.516. The van der Waals surface area contributed by atoms with E-state index in [0.29, 0.717) is 6.04 Å². The van der Waals surface area contributed by atoms with E-state index in [1.165, 1.54) is 0 Å². The predicted octanol–water partition coefficient (Wildman–Crippen LogP) is 0.691. The molecular formula is C10H14N2O. The van der Waals surface area contributed by atoms with Crippen LogP contribution in [0.2, 0.25) is 0 Å². The van der Waals surface area contributed by atoms with E-state index in [-0.39, 0.29) is 5.56 Å². The second-order valence-electron chi connectivity index (χ2n) is 3.52. The normalized spacial score (nSPS) is 22.1. The van der Waals surface area contributed by atoms with Gasteiger partial charge in [-0.1, -0.05) is 6.07 Å². The van der Waals surface area contributed by atoms with Crippen LogP contribution in [0.1, 0.15) is 18.2 Å². The van der Waals surface area contributed by atoms with Crippen LogP contribution in [0.4, 0.5) is 0 Å². The molecular weight excluding hydrogens is 164 g/mol. The van der Waals surface area contributed by atoms with Crippen LogP contribution in [0.15, 0.2) is 23.0 Å². The smallest absolute Gasteiger partial charge is 0.251 e. The molecule has 0 saturated carbocycles. The van der Waals surface area contributed by atoms with E-state index in [1.807, 2.05) is 23.6 Å². The Bertz CT molecular complexity index is 350. The van der Waals surface area contributed by atoms with Crippen molar-refractivity contribution in [2.45, 2.75) is 19.4 Å². The van der Waals surface area contributed by atoms with Crippen molar-refractivity contribution in [3.8, 4) is 0 Å². The molecule has 1 unspecified atom stereocenters. The Kier molecular flexibility index (Phi) is 2.19. The number of pyridine rings is 1. The molecule has 0 radical (unpaired) electrons. The fraction of sp³-hybridized carbons (Fsp3) is 0.500. The standard InChI is InChI=1S/C10H14N2O/c1-8-3-2-4-10(13)12(8)9-5-6-11-7-9/h2-4,9,11H,5-7H2,1H3. The summed E-state index contributed by atoms with van der Waals surface area (Å²) < 4.78 is 1.89. The highest BCUT2D eigenvalue weighted by Gasteiger charge is 2.17. The molecule has 0 spiro atoms. The molecule has 2 heterocycles. The zero-order valence-electron chi connectivity index (χ0n) is 7.79. The van der Waals surface area contributed by atoms with Gasteiger partial charge in [-0.05, 0) is 26.0 Å². The van der Waals surface area contributed by atoms with E-state index in [2.05, 4.69) is 5.32 Å². The molecule has 0 aliphatic carbocycles. The molecule has 1 atom stereocenters. The van der Waals surface area contributed by atoms with Crippen molar-refractivity contribution in [2.75, 3.05) is 13.1 Å². The van der Waals surface area contributed by atoms with Crippen LogP contribution in [0.5, 0.6) is 0 Å². The molecule has 1 fully saturated rings. The van der Waals surface area contributed by atoms with E-state index >= 15 is 0 Å². The number of hydrogen-bond donors (Lipinski definition) is 1. The molecule has 1 aromatic rings. The Labute approximate surface area is 77.4 Å². The topological polar surface area (TPSA) is 34.0 Å². The minimum atomic E-state index is 0.119. The molecule has 13 heavy (non-hydrogen) atoms. The summed E-state index contributed by atoms with van der Waals surface area (Å²) in [5.74, 6) is 0. The summed E-state index contributed by atoms with van der Waals surface area (Å²) in [6, 6.07) is 5.79. The summed E-state index contributed by atoms with van der Waals surface area (Å²) in [5.41, 5.74) is 1.18. The van der Waals surface area contributed by atoms with Crippen LogP contribution in [-0.4, -0.2) is 17.7 Å². The molecule has 0 bridgehead atoms. The highest BCUT2D eigenvalue weighted by atomic mass is 16.1. The predicted molar refractivity (Wildman–Crippen MR) is 52.0 cm³/mol. The summed E-state index contributed by atoms with van der Waals surface area (Å²) in [4.78, 5) is 11.6. The number of aromatic nitrogens is 1. The molecule has 1 N–H and O–H groups in total. The summed E-state index contributed by atoms with van der Waals surface area (Å²) >= 11 is 0. The highest BCUT2D eigenvalue weighted by Crippen LogP contribution is 2.14. The summed E-state index contributed by atoms with van der Waals surface area (Å²) in [5, 5.41) is 3.27. The van der Waals surface area contributed by atoms with Gasteiger partial charge in [0.1, 0.15) is 0 Å². The van der Waals surface area contributed by atoms with Crippen LogP contribution in [0.3, 0.4) is 0 Å². The van der Waals surface area contributed by atoms with Gasteiger partial charge in [0.05, 0.1) is 6.04 Å². The van der Waals surface area contributed by atoms with Gasteiger partial charge in [-0.3, -0.25) is 4.79 Å². The Morgan fingerprint density at radius 1 is 1.54 bits per heavy atom. The van der Waals surface area contributed by atoms with Crippen molar-refractivity contribution in [3.63, 3.8) is 0 Å². The van der Waals surface area contributed by atoms with Gasteiger partial charge >= 0.3 is 0 Å². The SMILES string of the molecule is Cc1cccc(=O)n1C1CCNC1. The first-order chi connectivity index (χ1) is 6.29. The van der Waals surface area contributed by atoms with Gasteiger partial charge in [0.15, 0.2) is 0 Å². The fourth-order valence-electron chi connectivity index (χ4n) is 1.93. The van der Waals surface area contributed by atoms with Crippen LogP contribution < -0.4 is 10.9 Å². The monoisotopic (exact) mass is 178 g/mol. The van der Waals surface area contributed by atoms with Crippen LogP contribution >= 0.6 is 0 Å². The third-order valence-corrected chi connectivity index (χ3v) is 2.59. The minimum Gasteiger partial charge on any atom is -0.315 e. The molecule has 0 amide bonds. The molecule has 1 aliphatic heterocycles. The second-order valence-corrected chi connectivity index (χ2v) is 3.52. The fourth-order valence-corrected chi connectivity index (χ4v) is 1.93. The quantitative estimate of drug-likeness (QED) is 0.686. The summed E-state index contributed by atoms with van der Waals surface area (Å²) in [6.45, 7) is 3.93. The van der Waals surface area contributed by atoms with E-state index in [9.17, 15) is 4.79 Å². The third kappa shape index (κ3) is 1.52. The lowest BCUT2D eigenvalue weighted by Crippen LogP contribution is -2.27. The minimum absolute atomic E-state index is 0.119. The van der Waals surface area contributed by atoms with Crippen LogP contribution in [0, 0.1) is 6.92 Å². The molecule has 0 aromatic carbocycles. The first-order valence-corrected chi connectivity index (χ1v) is 4.68. The van der Waals surface area contributed by atoms with E-state index in [4.69, 9.17) is 0 Å². The number of nitrogens with one attached hydrogen (secondary N) is 1. The van der Waals surface area contributed by atoms with Crippen LogP contribution in [-0.2, 0) is 0 Å². The average molecular weight is 178 g/mol. The molecule has 1 aromatic heterocycles. The van der Waals surface area contributed by atoms with Gasteiger partial charge in [-0.2, -0.15) is 0 Å². The molecule has 2 rings (SSSR count). The number of aryl methyl sites for hydroxylation is 1. The van der Waals surface area contributed by atoms with E-state index < -0.39 is 0 Å². The van der Waals surface area contributed by atoms with Gasteiger partial charge in [0.25, 0.3) is 5.56 Å². The third-order valence-electron chi connectivity index (χ3n) is 2.59. The van der Waals surface area contributed by atoms with E-state index in [1.54, 1.807) is 6.07 Å². The Balaban J connectivity index is 2.43. The highest BCUT2D eigenvalue weighted by molar-refractivity contribution is 5.06. The zero-order valence-corrected chi connectivity index (χ0v) is 7.79. The van der Waals surface area contributed by atoms with Gasteiger partial charge in [-0.25, -0.2) is 0 Å². The van der Waals surface area contributed by atoms with E-state index in [0.717, 1.165) is 25.2 Å². The number of hydrogen-bond acceptors (Lipinski definition) is 2. The first-order valence-electron chi connectivity index (χ1n) is 4.68. The van der Waals surface area contributed by atoms with Crippen LogP contribution in [0.25, 0.3) is 0 Å². The molecule has 3 nitrogen and oxygen atoms in total. The maximum absolute atomic E-state index is 11.6. The molecule has 70 valence electrons. The first kappa shape index (κ1) is 8.51. The van der Waals surface area contributed by atoms with Crippen molar-refractivity contribution in [3.05, 3.63) is 34.2 Å². The number of nitrogens with zero attached hydrogens (tertiary/aromatic N) is 1. The van der Waals surface area contributed by atoms with Crippen molar-refractivity contribution in [1.29, 1.82) is 0 Å². The maximum atomic E-state index is 11.6. The second kappa shape index (κ2) is 3.34. The van der Waals surface area contributed by atoms with Gasteiger partial charge in [0, 0.05) is 18.3 Å². The molecule has 1 aliphatic rings. The van der Waals surface area contributed by atoms with Crippen molar-refractivity contribution in [2.24, 2.45) is 0 Å². The lowest BCUT2D eigenvalue weighted by atomic mass is 10.2. The maximum Gasteiger partial charge on any atom is 0.251 e. The van der Waals surface area contributed by atoms with Gasteiger partial charge in [-0.15, -0.1) is 0 Å². The lowest BCUT2D eigenvalue weighted by Gasteiger charge is -2.15. The zero-order chi connectivity index (χ0) is 9.26. The number of rotatable bonds is 1. The van der Waals surface area contributed by atoms with Gasteiger partial charge < -0.3 is 9.88 Å². The van der Waals surface area contributed by atoms with Gasteiger partial charge in [0.2, 0.25) is 0 Å². The Morgan fingerprint density at radius 2 is 2.38 bits per heavy atom. The molecule has 1 saturated heterocycles. The average Bonchev–Trinajstić information content (AvgIpc) is 2.57. The molecule has 3 heteroatoms. The van der Waals surface area contributed by atoms with Crippen molar-refractivity contribution >= 4 is 0 Å². The van der Waals surface area contributed by atoms with Crippen molar-refractivity contribution < 1.29 is 0 Å². The van der Waals surface area contributed by atoms with Crippen molar-refractivity contribution in [1.82, 2.24) is 9.88 Å². The summed E-state index contributed by atoms with van der Waals surface area (Å²) in [6.07, 6.45) is 1.06.